The van der Waals surface area contributed by atoms with E-state index in [-0.39, 0.29) is 36.0 Å². The van der Waals surface area contributed by atoms with Gasteiger partial charge in [-0.1, -0.05) is 12.8 Å². The van der Waals surface area contributed by atoms with E-state index in [9.17, 15) is 9.18 Å². The third-order valence-corrected chi connectivity index (χ3v) is 4.31. The fourth-order valence-electron chi connectivity index (χ4n) is 3.04. The molecule has 24 heavy (non-hydrogen) atoms. The van der Waals surface area contributed by atoms with Gasteiger partial charge in [-0.2, -0.15) is 5.10 Å². The van der Waals surface area contributed by atoms with Crippen LogP contribution in [0.1, 0.15) is 32.1 Å². The van der Waals surface area contributed by atoms with Crippen LogP contribution < -0.4 is 11.1 Å². The van der Waals surface area contributed by atoms with Crippen LogP contribution in [0.3, 0.4) is 0 Å². The summed E-state index contributed by atoms with van der Waals surface area (Å²) in [6, 6.07) is 4.58. The monoisotopic (exact) mass is 353 g/mol. The standard InChI is InChI=1S/C16H20FN5O.ClH/c17-13-8-12(5-6-15(13)22-10-19-9-20-22)21-16(23)7-11-3-1-2-4-14(11)18;/h5-6,8-11,14H,1-4,7,18H2,(H,21,23);1H. The Morgan fingerprint density at radius 2 is 2.17 bits per heavy atom. The zero-order valence-electron chi connectivity index (χ0n) is 13.2. The number of nitrogens with one attached hydrogen (secondary N) is 1. The number of carbonyl (C=O) groups is 1. The lowest BCUT2D eigenvalue weighted by atomic mass is 9.83. The second kappa shape index (κ2) is 8.21. The van der Waals surface area contributed by atoms with Crippen LogP contribution in [0.5, 0.6) is 0 Å². The number of rotatable bonds is 4. The number of hydrogen-bond acceptors (Lipinski definition) is 4. The van der Waals surface area contributed by atoms with Gasteiger partial charge in [0.05, 0.1) is 0 Å². The Balaban J connectivity index is 0.00000208. The highest BCUT2D eigenvalue weighted by Crippen LogP contribution is 2.26. The molecular formula is C16H21ClFN5O. The largest absolute Gasteiger partial charge is 0.327 e. The quantitative estimate of drug-likeness (QED) is 0.884. The molecular weight excluding hydrogens is 333 g/mol. The van der Waals surface area contributed by atoms with Crippen molar-refractivity contribution in [2.75, 3.05) is 5.32 Å². The number of halogens is 2. The van der Waals surface area contributed by atoms with Gasteiger partial charge in [-0.15, -0.1) is 12.4 Å². The summed E-state index contributed by atoms with van der Waals surface area (Å²) in [5, 5.41) is 6.63. The van der Waals surface area contributed by atoms with Crippen LogP contribution in [0.15, 0.2) is 30.9 Å². The molecule has 0 spiro atoms. The topological polar surface area (TPSA) is 85.8 Å². The molecule has 1 heterocycles. The summed E-state index contributed by atoms with van der Waals surface area (Å²) in [6.07, 6.45) is 7.34. The summed E-state index contributed by atoms with van der Waals surface area (Å²) in [6.45, 7) is 0. The Kier molecular flexibility index (Phi) is 6.28. The number of anilines is 1. The number of hydrogen-bond donors (Lipinski definition) is 2. The zero-order chi connectivity index (χ0) is 16.2. The van der Waals surface area contributed by atoms with E-state index < -0.39 is 5.82 Å². The molecule has 130 valence electrons. The molecule has 6 nitrogen and oxygen atoms in total. The molecule has 0 saturated heterocycles. The fraction of sp³-hybridized carbons (Fsp3) is 0.438. The number of benzene rings is 1. The number of nitrogens with two attached hydrogens (primary N) is 1. The van der Waals surface area contributed by atoms with Gasteiger partial charge >= 0.3 is 0 Å². The van der Waals surface area contributed by atoms with Crippen molar-refractivity contribution in [3.05, 3.63) is 36.7 Å². The number of amides is 1. The highest BCUT2D eigenvalue weighted by Gasteiger charge is 2.24. The molecule has 0 radical (unpaired) electrons. The summed E-state index contributed by atoms with van der Waals surface area (Å²) in [7, 11) is 0. The van der Waals surface area contributed by atoms with Gasteiger partial charge < -0.3 is 11.1 Å². The normalized spacial score (nSPS) is 20.2. The van der Waals surface area contributed by atoms with Gasteiger partial charge in [0, 0.05) is 18.2 Å². The van der Waals surface area contributed by atoms with E-state index in [2.05, 4.69) is 15.4 Å². The van der Waals surface area contributed by atoms with Crippen LogP contribution in [-0.2, 0) is 4.79 Å². The minimum absolute atomic E-state index is 0. The van der Waals surface area contributed by atoms with Crippen LogP contribution in [0, 0.1) is 11.7 Å². The first kappa shape index (κ1) is 18.4. The molecule has 1 aromatic carbocycles. The number of carbonyl (C=O) groups excluding carboxylic acids is 1. The lowest BCUT2D eigenvalue weighted by Gasteiger charge is -2.27. The third kappa shape index (κ3) is 4.30. The van der Waals surface area contributed by atoms with Crippen LogP contribution in [0.25, 0.3) is 5.69 Å². The maximum Gasteiger partial charge on any atom is 0.224 e. The molecule has 0 aliphatic heterocycles. The van der Waals surface area contributed by atoms with Gasteiger partial charge in [0.1, 0.15) is 18.3 Å². The van der Waals surface area contributed by atoms with Crippen molar-refractivity contribution in [1.82, 2.24) is 14.8 Å². The maximum absolute atomic E-state index is 14.1. The molecule has 2 unspecified atom stereocenters. The minimum Gasteiger partial charge on any atom is -0.327 e. The van der Waals surface area contributed by atoms with Crippen molar-refractivity contribution in [3.63, 3.8) is 0 Å². The first-order chi connectivity index (χ1) is 11.1. The Morgan fingerprint density at radius 1 is 1.38 bits per heavy atom. The summed E-state index contributed by atoms with van der Waals surface area (Å²) >= 11 is 0. The average molecular weight is 354 g/mol. The molecule has 1 amide bonds. The van der Waals surface area contributed by atoms with E-state index in [4.69, 9.17) is 5.73 Å². The van der Waals surface area contributed by atoms with Gasteiger partial charge in [0.15, 0.2) is 5.82 Å². The van der Waals surface area contributed by atoms with Crippen LogP contribution in [-0.4, -0.2) is 26.7 Å². The fourth-order valence-corrected chi connectivity index (χ4v) is 3.04. The van der Waals surface area contributed by atoms with E-state index in [1.165, 1.54) is 23.4 Å². The van der Waals surface area contributed by atoms with Crippen molar-refractivity contribution in [3.8, 4) is 5.69 Å². The van der Waals surface area contributed by atoms with Crippen LogP contribution in [0.4, 0.5) is 10.1 Å². The van der Waals surface area contributed by atoms with Crippen molar-refractivity contribution in [1.29, 1.82) is 0 Å². The van der Waals surface area contributed by atoms with Gasteiger partial charge in [-0.05, 0) is 37.0 Å². The van der Waals surface area contributed by atoms with Crippen molar-refractivity contribution in [2.24, 2.45) is 11.7 Å². The van der Waals surface area contributed by atoms with Crippen LogP contribution in [0.2, 0.25) is 0 Å². The summed E-state index contributed by atoms with van der Waals surface area (Å²) < 4.78 is 15.5. The van der Waals surface area contributed by atoms with Gasteiger partial charge in [0.25, 0.3) is 0 Å². The van der Waals surface area contributed by atoms with Gasteiger partial charge in [-0.3, -0.25) is 4.79 Å². The molecule has 3 rings (SSSR count). The highest BCUT2D eigenvalue weighted by atomic mass is 35.5. The molecule has 8 heteroatoms. The predicted molar refractivity (Wildman–Crippen MR) is 91.7 cm³/mol. The second-order valence-electron chi connectivity index (χ2n) is 5.97. The van der Waals surface area contributed by atoms with E-state index >= 15 is 0 Å². The highest BCUT2D eigenvalue weighted by molar-refractivity contribution is 5.91. The summed E-state index contributed by atoms with van der Waals surface area (Å²) in [5.74, 6) is -0.383. The second-order valence-corrected chi connectivity index (χ2v) is 5.97. The van der Waals surface area contributed by atoms with E-state index in [0.29, 0.717) is 12.1 Å². The molecule has 1 fully saturated rings. The van der Waals surface area contributed by atoms with Gasteiger partial charge in [0.2, 0.25) is 5.91 Å². The van der Waals surface area contributed by atoms with E-state index in [0.717, 1.165) is 25.7 Å². The Hall–Kier alpha value is -1.99. The van der Waals surface area contributed by atoms with E-state index in [1.807, 2.05) is 0 Å². The molecule has 3 N–H and O–H groups in total. The molecule has 0 bridgehead atoms. The molecule has 2 atom stereocenters. The predicted octanol–water partition coefficient (Wildman–Crippen LogP) is 2.67. The first-order valence-corrected chi connectivity index (χ1v) is 7.83. The van der Waals surface area contributed by atoms with E-state index in [1.54, 1.807) is 12.1 Å². The lowest BCUT2D eigenvalue weighted by molar-refractivity contribution is -0.117. The van der Waals surface area contributed by atoms with Crippen LogP contribution >= 0.6 is 12.4 Å². The Labute approximate surface area is 146 Å². The van der Waals surface area contributed by atoms with Crippen molar-refractivity contribution in [2.45, 2.75) is 38.1 Å². The SMILES string of the molecule is Cl.NC1CCCCC1CC(=O)Nc1ccc(-n2cncn2)c(F)c1. The molecule has 1 aliphatic carbocycles. The third-order valence-electron chi connectivity index (χ3n) is 4.31. The molecule has 2 aromatic rings. The summed E-state index contributed by atoms with van der Waals surface area (Å²) in [5.41, 5.74) is 6.78. The average Bonchev–Trinajstić information content (AvgIpc) is 3.04. The molecule has 1 aromatic heterocycles. The first-order valence-electron chi connectivity index (χ1n) is 7.83. The number of aromatic nitrogens is 3. The Morgan fingerprint density at radius 3 is 2.83 bits per heavy atom. The van der Waals surface area contributed by atoms with Crippen molar-refractivity contribution >= 4 is 24.0 Å². The Bertz CT molecular complexity index is 679. The smallest absolute Gasteiger partial charge is 0.224 e. The zero-order valence-corrected chi connectivity index (χ0v) is 14.0. The molecule has 1 saturated carbocycles. The summed E-state index contributed by atoms with van der Waals surface area (Å²) in [4.78, 5) is 15.9. The van der Waals surface area contributed by atoms with Crippen molar-refractivity contribution < 1.29 is 9.18 Å². The lowest BCUT2D eigenvalue weighted by Crippen LogP contribution is -2.35. The number of nitrogens with zero attached hydrogens (tertiary/aromatic N) is 3. The molecule has 1 aliphatic rings. The maximum atomic E-state index is 14.1. The van der Waals surface area contributed by atoms with Gasteiger partial charge in [-0.25, -0.2) is 14.1 Å². The minimum atomic E-state index is -0.470.